The van der Waals surface area contributed by atoms with Crippen LogP contribution in [0.3, 0.4) is 0 Å². The van der Waals surface area contributed by atoms with Crippen LogP contribution in [0.4, 0.5) is 16.2 Å². The van der Waals surface area contributed by atoms with Crippen LogP contribution in [0.25, 0.3) is 11.0 Å². The lowest BCUT2D eigenvalue weighted by Crippen LogP contribution is -2.49. The topological polar surface area (TPSA) is 90.6 Å². The summed E-state index contributed by atoms with van der Waals surface area (Å²) < 4.78 is 6.31. The molecule has 0 spiro atoms. The first-order chi connectivity index (χ1) is 14.6. The van der Waals surface area contributed by atoms with Gasteiger partial charge in [0, 0.05) is 44.5 Å². The first-order valence-corrected chi connectivity index (χ1v) is 11.6. The van der Waals surface area contributed by atoms with E-state index in [9.17, 15) is 9.59 Å². The van der Waals surface area contributed by atoms with Crippen LogP contribution in [0.5, 0.6) is 0 Å². The summed E-state index contributed by atoms with van der Waals surface area (Å²) in [4.78, 5) is 36.6. The van der Waals surface area contributed by atoms with Crippen molar-refractivity contribution in [1.29, 1.82) is 0 Å². The minimum absolute atomic E-state index is 0.0200. The maximum absolute atomic E-state index is 12.4. The van der Waals surface area contributed by atoms with E-state index in [-0.39, 0.29) is 18.0 Å². The normalized spacial score (nSPS) is 19.4. The summed E-state index contributed by atoms with van der Waals surface area (Å²) in [5, 5.41) is 3.95. The minimum atomic E-state index is -0.530. The number of aromatic amines is 1. The Kier molecular flexibility index (Phi) is 5.89. The Balaban J connectivity index is 1.64. The molecule has 31 heavy (non-hydrogen) atoms. The molecule has 1 saturated heterocycles. The lowest BCUT2D eigenvalue weighted by atomic mass is 10.0. The van der Waals surface area contributed by atoms with Crippen molar-refractivity contribution in [2.75, 3.05) is 22.9 Å². The first kappa shape index (κ1) is 21.9. The highest BCUT2D eigenvalue weighted by Crippen LogP contribution is 2.43. The number of alkyl carbamates (subject to hydrolysis) is 1. The average Bonchev–Trinajstić information content (AvgIpc) is 3.40. The van der Waals surface area contributed by atoms with Gasteiger partial charge in [0.1, 0.15) is 11.2 Å². The zero-order chi connectivity index (χ0) is 22.3. The number of amides is 2. The zero-order valence-corrected chi connectivity index (χ0v) is 20.1. The van der Waals surface area contributed by atoms with Crippen molar-refractivity contribution in [3.8, 4) is 0 Å². The van der Waals surface area contributed by atoms with Crippen LogP contribution in [0, 0.1) is 0 Å². The molecule has 0 unspecified atom stereocenters. The molecule has 1 aliphatic carbocycles. The number of carbonyl (C=O) groups is 2. The number of nitrogens with zero attached hydrogens (tertiary/aromatic N) is 3. The van der Waals surface area contributed by atoms with E-state index >= 15 is 0 Å². The summed E-state index contributed by atoms with van der Waals surface area (Å²) in [6.07, 6.45) is 7.16. The Morgan fingerprint density at radius 2 is 2.06 bits per heavy atom. The highest BCUT2D eigenvalue weighted by molar-refractivity contribution is 9.10. The Bertz CT molecular complexity index is 995. The number of piperidine rings is 1. The van der Waals surface area contributed by atoms with E-state index in [1.54, 1.807) is 13.1 Å². The molecule has 0 bridgehead atoms. The van der Waals surface area contributed by atoms with Crippen molar-refractivity contribution in [3.05, 3.63) is 16.9 Å². The van der Waals surface area contributed by atoms with Crippen LogP contribution in [0.1, 0.15) is 53.4 Å². The number of halogens is 1. The largest absolute Gasteiger partial charge is 0.444 e. The van der Waals surface area contributed by atoms with Gasteiger partial charge in [-0.15, -0.1) is 0 Å². The third kappa shape index (κ3) is 4.81. The number of hydrogen-bond acceptors (Lipinski definition) is 5. The van der Waals surface area contributed by atoms with E-state index in [0.717, 1.165) is 59.1 Å². The van der Waals surface area contributed by atoms with Gasteiger partial charge in [0.25, 0.3) is 0 Å². The van der Waals surface area contributed by atoms with Gasteiger partial charge in [0.05, 0.1) is 21.2 Å². The number of pyridine rings is 1. The maximum atomic E-state index is 12.4. The van der Waals surface area contributed by atoms with E-state index in [0.29, 0.717) is 6.54 Å². The van der Waals surface area contributed by atoms with Crippen molar-refractivity contribution in [2.45, 2.75) is 71.1 Å². The second-order valence-corrected chi connectivity index (χ2v) is 10.3. The lowest BCUT2D eigenvalue weighted by Gasteiger charge is -2.36. The molecule has 2 aromatic heterocycles. The third-order valence-electron chi connectivity index (χ3n) is 5.58. The Morgan fingerprint density at radius 3 is 2.71 bits per heavy atom. The van der Waals surface area contributed by atoms with E-state index < -0.39 is 11.7 Å². The number of rotatable bonds is 4. The average molecular weight is 492 g/mol. The summed E-state index contributed by atoms with van der Waals surface area (Å²) in [6, 6.07) is 0.236. The number of hydrogen-bond donors (Lipinski definition) is 2. The molecule has 0 aromatic carbocycles. The molecule has 2 aliphatic rings. The van der Waals surface area contributed by atoms with E-state index in [4.69, 9.17) is 4.74 Å². The molecule has 1 aliphatic heterocycles. The molecule has 1 saturated carbocycles. The molecule has 0 radical (unpaired) electrons. The van der Waals surface area contributed by atoms with Crippen LogP contribution in [0.15, 0.2) is 16.9 Å². The van der Waals surface area contributed by atoms with Crippen molar-refractivity contribution >= 4 is 50.3 Å². The highest BCUT2D eigenvalue weighted by Gasteiger charge is 2.35. The fourth-order valence-electron chi connectivity index (χ4n) is 4.27. The van der Waals surface area contributed by atoms with Crippen LogP contribution in [-0.2, 0) is 9.53 Å². The Morgan fingerprint density at radius 1 is 1.32 bits per heavy atom. The molecule has 1 atom stereocenters. The van der Waals surface area contributed by atoms with Gasteiger partial charge in [-0.25, -0.2) is 9.78 Å². The molecule has 3 heterocycles. The second-order valence-electron chi connectivity index (χ2n) is 9.40. The molecular weight excluding hydrogens is 462 g/mol. The van der Waals surface area contributed by atoms with Crippen molar-refractivity contribution in [3.63, 3.8) is 0 Å². The molecule has 8 nitrogen and oxygen atoms in total. The Labute approximate surface area is 190 Å². The van der Waals surface area contributed by atoms with Crippen LogP contribution < -0.4 is 15.1 Å². The fourth-order valence-corrected chi connectivity index (χ4v) is 4.82. The van der Waals surface area contributed by atoms with Gasteiger partial charge >= 0.3 is 6.09 Å². The number of fused-ring (bicyclic) bond motifs is 1. The maximum Gasteiger partial charge on any atom is 0.407 e. The Hall–Kier alpha value is -2.29. The zero-order valence-electron chi connectivity index (χ0n) is 18.5. The molecule has 2 aromatic rings. The van der Waals surface area contributed by atoms with Crippen LogP contribution in [0.2, 0.25) is 0 Å². The molecule has 4 rings (SSSR count). The minimum Gasteiger partial charge on any atom is -0.444 e. The monoisotopic (exact) mass is 491 g/mol. The van der Waals surface area contributed by atoms with Gasteiger partial charge < -0.3 is 24.8 Å². The summed E-state index contributed by atoms with van der Waals surface area (Å²) in [5.41, 5.74) is 2.10. The number of carbonyl (C=O) groups excluding carboxylic acids is 2. The highest BCUT2D eigenvalue weighted by atomic mass is 79.9. The van der Waals surface area contributed by atoms with Gasteiger partial charge in [-0.3, -0.25) is 4.79 Å². The van der Waals surface area contributed by atoms with Gasteiger partial charge in [-0.2, -0.15) is 0 Å². The predicted octanol–water partition coefficient (Wildman–Crippen LogP) is 4.33. The summed E-state index contributed by atoms with van der Waals surface area (Å²) in [7, 11) is 0. The number of H-pyrrole nitrogens is 1. The SMILES string of the molecule is CC(=O)N(c1c[nH]c2ncc(Br)c(N3CCC[C@@H](NC(=O)OC(C)(C)C)C3)c12)C1CC1. The third-order valence-corrected chi connectivity index (χ3v) is 6.16. The molecule has 9 heteroatoms. The molecule has 168 valence electrons. The van der Waals surface area contributed by atoms with Crippen molar-refractivity contribution in [2.24, 2.45) is 0 Å². The smallest absolute Gasteiger partial charge is 0.407 e. The molecule has 2 N–H and O–H groups in total. The first-order valence-electron chi connectivity index (χ1n) is 10.8. The fraction of sp³-hybridized carbons (Fsp3) is 0.591. The van der Waals surface area contributed by atoms with Gasteiger partial charge in [0.2, 0.25) is 5.91 Å². The van der Waals surface area contributed by atoms with Crippen LogP contribution >= 0.6 is 15.9 Å². The number of anilines is 2. The number of nitrogens with one attached hydrogen (secondary N) is 2. The summed E-state index contributed by atoms with van der Waals surface area (Å²) in [6.45, 7) is 8.71. The van der Waals surface area contributed by atoms with Crippen molar-refractivity contribution < 1.29 is 14.3 Å². The van der Waals surface area contributed by atoms with Gasteiger partial charge in [0.15, 0.2) is 0 Å². The lowest BCUT2D eigenvalue weighted by molar-refractivity contribution is -0.116. The standard InChI is InChI=1S/C22H30BrN5O3/c1-13(29)28(15-7-8-15)17-11-25-20-18(17)19(16(23)10-24-20)27-9-5-6-14(12-27)26-21(30)31-22(2,3)4/h10-11,14-15H,5-9,12H2,1-4H3,(H,24,25)(H,26,30)/t14-/m1/s1. The van der Waals surface area contributed by atoms with Crippen LogP contribution in [-0.4, -0.2) is 52.7 Å². The number of aromatic nitrogens is 2. The molecule has 2 amide bonds. The molecule has 2 fully saturated rings. The quantitative estimate of drug-likeness (QED) is 0.663. The molecular formula is C22H30BrN5O3. The van der Waals surface area contributed by atoms with E-state index in [1.807, 2.05) is 31.9 Å². The van der Waals surface area contributed by atoms with E-state index in [1.165, 1.54) is 0 Å². The van der Waals surface area contributed by atoms with E-state index in [2.05, 4.69) is 36.1 Å². The summed E-state index contributed by atoms with van der Waals surface area (Å²) in [5.74, 6) is 0.0393. The predicted molar refractivity (Wildman–Crippen MR) is 125 cm³/mol. The summed E-state index contributed by atoms with van der Waals surface area (Å²) >= 11 is 3.69. The van der Waals surface area contributed by atoms with Gasteiger partial charge in [-0.1, -0.05) is 0 Å². The second kappa shape index (κ2) is 8.33. The number of ether oxygens (including phenoxy) is 1. The van der Waals surface area contributed by atoms with Gasteiger partial charge in [-0.05, 0) is 62.4 Å². The van der Waals surface area contributed by atoms with Crippen molar-refractivity contribution in [1.82, 2.24) is 15.3 Å².